The van der Waals surface area contributed by atoms with E-state index in [9.17, 15) is 4.79 Å². The van der Waals surface area contributed by atoms with Crippen molar-refractivity contribution in [2.24, 2.45) is 0 Å². The Morgan fingerprint density at radius 2 is 1.68 bits per heavy atom. The van der Waals surface area contributed by atoms with Crippen molar-refractivity contribution in [1.29, 1.82) is 0 Å². The summed E-state index contributed by atoms with van der Waals surface area (Å²) in [6, 6.07) is 21.3. The van der Waals surface area contributed by atoms with Crippen molar-refractivity contribution >= 4 is 35.0 Å². The topological polar surface area (TPSA) is 71.8 Å². The number of hydrogen-bond donors (Lipinski definition) is 2. The summed E-state index contributed by atoms with van der Waals surface area (Å²) in [5.41, 5.74) is 9.49. The van der Waals surface area contributed by atoms with E-state index >= 15 is 0 Å². The highest BCUT2D eigenvalue weighted by Crippen LogP contribution is 2.39. The van der Waals surface area contributed by atoms with Crippen LogP contribution >= 0.6 is 23.4 Å². The fraction of sp³-hybridized carbons (Fsp3) is 0.192. The first-order valence-corrected chi connectivity index (χ1v) is 12.2. The molecule has 1 aliphatic heterocycles. The minimum absolute atomic E-state index is 0.0944. The highest BCUT2D eigenvalue weighted by Gasteiger charge is 2.38. The summed E-state index contributed by atoms with van der Waals surface area (Å²) in [6.07, 6.45) is 0. The van der Waals surface area contributed by atoms with Crippen molar-refractivity contribution in [2.45, 2.75) is 37.2 Å². The van der Waals surface area contributed by atoms with E-state index in [1.54, 1.807) is 0 Å². The normalized spacial score (nSPS) is 17.1. The highest BCUT2D eigenvalue weighted by molar-refractivity contribution is 8.00. The molecule has 1 amide bonds. The second-order valence-electron chi connectivity index (χ2n) is 8.47. The van der Waals surface area contributed by atoms with Gasteiger partial charge in [0.25, 0.3) is 0 Å². The van der Waals surface area contributed by atoms with E-state index in [1.165, 1.54) is 17.3 Å². The fourth-order valence-electron chi connectivity index (χ4n) is 4.32. The number of amides is 1. The maximum atomic E-state index is 13.6. The molecule has 0 saturated carbocycles. The number of aromatic nitrogens is 3. The number of aryl methyl sites for hydroxylation is 3. The highest BCUT2D eigenvalue weighted by atomic mass is 35.5. The van der Waals surface area contributed by atoms with E-state index in [4.69, 9.17) is 11.6 Å². The van der Waals surface area contributed by atoms with Crippen molar-refractivity contribution < 1.29 is 4.79 Å². The summed E-state index contributed by atoms with van der Waals surface area (Å²) < 4.78 is 1.87. The molecule has 4 aromatic rings. The van der Waals surface area contributed by atoms with E-state index in [1.807, 2.05) is 73.1 Å². The van der Waals surface area contributed by atoms with Gasteiger partial charge in [-0.3, -0.25) is 4.79 Å². The Bertz CT molecular complexity index is 1330. The van der Waals surface area contributed by atoms with Crippen molar-refractivity contribution in [2.75, 3.05) is 10.7 Å². The minimum atomic E-state index is -0.471. The van der Waals surface area contributed by atoms with E-state index in [-0.39, 0.29) is 11.9 Å². The number of anilines is 1. The lowest BCUT2D eigenvalue weighted by Crippen LogP contribution is -2.41. The van der Waals surface area contributed by atoms with Gasteiger partial charge in [0.15, 0.2) is 5.82 Å². The molecule has 2 atom stereocenters. The van der Waals surface area contributed by atoms with Gasteiger partial charge in [-0.1, -0.05) is 83.5 Å². The minimum Gasteiger partial charge on any atom is -0.325 e. The maximum Gasteiger partial charge on any atom is 0.240 e. The molecule has 2 heterocycles. The molecule has 0 spiro atoms. The van der Waals surface area contributed by atoms with Crippen LogP contribution in [0.15, 0.2) is 71.9 Å². The molecule has 34 heavy (non-hydrogen) atoms. The molecule has 2 N–H and O–H groups in total. The average molecular weight is 490 g/mol. The molecule has 8 heteroatoms. The predicted octanol–water partition coefficient (Wildman–Crippen LogP) is 5.92. The first-order chi connectivity index (χ1) is 16.4. The van der Waals surface area contributed by atoms with Crippen LogP contribution in [0, 0.1) is 20.8 Å². The zero-order chi connectivity index (χ0) is 23.8. The molecule has 0 saturated heterocycles. The molecule has 0 unspecified atom stereocenters. The molecule has 1 aromatic heterocycles. The van der Waals surface area contributed by atoms with Gasteiger partial charge in [-0.2, -0.15) is 0 Å². The maximum absolute atomic E-state index is 13.6. The summed E-state index contributed by atoms with van der Waals surface area (Å²) >= 11 is 7.55. The second kappa shape index (κ2) is 9.16. The monoisotopic (exact) mass is 489 g/mol. The van der Waals surface area contributed by atoms with Crippen LogP contribution in [-0.4, -0.2) is 26.0 Å². The van der Waals surface area contributed by atoms with Crippen molar-refractivity contribution in [1.82, 2.24) is 14.9 Å². The fourth-order valence-corrected chi connectivity index (χ4v) is 5.53. The number of nitrogens with zero attached hydrogens (tertiary/aromatic N) is 3. The Balaban J connectivity index is 1.53. The quantitative estimate of drug-likeness (QED) is 0.372. The van der Waals surface area contributed by atoms with Crippen LogP contribution in [-0.2, 0) is 4.79 Å². The molecule has 0 bridgehead atoms. The van der Waals surface area contributed by atoms with Crippen LogP contribution in [0.1, 0.15) is 28.3 Å². The van der Waals surface area contributed by atoms with Gasteiger partial charge in [0, 0.05) is 16.3 Å². The van der Waals surface area contributed by atoms with Crippen LogP contribution in [0.25, 0.3) is 11.4 Å². The molecule has 0 fully saturated rings. The molecule has 0 radical (unpaired) electrons. The zero-order valence-electron chi connectivity index (χ0n) is 19.0. The van der Waals surface area contributed by atoms with E-state index in [0.29, 0.717) is 16.0 Å². The average Bonchev–Trinajstić information content (AvgIpc) is 3.24. The molecule has 172 valence electrons. The predicted molar refractivity (Wildman–Crippen MR) is 138 cm³/mol. The van der Waals surface area contributed by atoms with Crippen LogP contribution in [0.4, 0.5) is 5.69 Å². The van der Waals surface area contributed by atoms with Gasteiger partial charge in [0.2, 0.25) is 11.1 Å². The number of halogens is 1. The van der Waals surface area contributed by atoms with Crippen LogP contribution < -0.4 is 10.7 Å². The van der Waals surface area contributed by atoms with Crippen LogP contribution in [0.2, 0.25) is 5.02 Å². The molecule has 3 aromatic carbocycles. The number of fused-ring (bicyclic) bond motifs is 1. The lowest BCUT2D eigenvalue weighted by molar-refractivity contribution is -0.116. The molecular weight excluding hydrogens is 466 g/mol. The number of nitrogens with one attached hydrogen (secondary N) is 2. The number of hydrogen-bond acceptors (Lipinski definition) is 5. The number of carbonyl (C=O) groups excluding carboxylic acids is 1. The lowest BCUT2D eigenvalue weighted by atomic mass is 10.0. The van der Waals surface area contributed by atoms with E-state index < -0.39 is 5.25 Å². The summed E-state index contributed by atoms with van der Waals surface area (Å²) in [5.74, 6) is 0.606. The SMILES string of the molecule is Cc1cc(C)c(NC(=O)[C@@H]2Sc3nnc(-c4ccccc4)n3N[C@@H]2c2ccc(Cl)cc2)c(C)c1. The first kappa shape index (κ1) is 22.5. The number of rotatable bonds is 4. The Kier molecular flexibility index (Phi) is 6.06. The third-order valence-corrected chi connectivity index (χ3v) is 7.35. The Hall–Kier alpha value is -3.29. The van der Waals surface area contributed by atoms with Gasteiger partial charge in [-0.15, -0.1) is 10.2 Å². The number of thioether (sulfide) groups is 1. The molecule has 1 aliphatic rings. The van der Waals surface area contributed by atoms with Crippen LogP contribution in [0.5, 0.6) is 0 Å². The standard InChI is InChI=1S/C26H24ClN5OS/c1-15-13-16(2)21(17(3)14-15)28-25(33)23-22(18-9-11-20(27)12-10-18)31-32-24(29-30-26(32)34-23)19-7-5-4-6-8-19/h4-14,22-23,31H,1-3H3,(H,28,33)/t22-,23-/m1/s1. The summed E-state index contributed by atoms with van der Waals surface area (Å²) in [6.45, 7) is 6.09. The van der Waals surface area contributed by atoms with E-state index in [0.717, 1.165) is 27.9 Å². The smallest absolute Gasteiger partial charge is 0.240 e. The third kappa shape index (κ3) is 4.29. The second-order valence-corrected chi connectivity index (χ2v) is 10.0. The van der Waals surface area contributed by atoms with Crippen molar-refractivity contribution in [3.05, 3.63) is 94.0 Å². The van der Waals surface area contributed by atoms with Gasteiger partial charge in [0.1, 0.15) is 5.25 Å². The van der Waals surface area contributed by atoms with E-state index in [2.05, 4.69) is 40.0 Å². The van der Waals surface area contributed by atoms with Gasteiger partial charge in [-0.05, 0) is 49.6 Å². The lowest BCUT2D eigenvalue weighted by Gasteiger charge is -2.33. The number of carbonyl (C=O) groups is 1. The Morgan fingerprint density at radius 1 is 1.00 bits per heavy atom. The first-order valence-electron chi connectivity index (χ1n) is 11.0. The summed E-state index contributed by atoms with van der Waals surface area (Å²) in [5, 5.41) is 12.8. The van der Waals surface area contributed by atoms with Crippen molar-refractivity contribution in [3.63, 3.8) is 0 Å². The molecule has 5 rings (SSSR count). The van der Waals surface area contributed by atoms with Crippen molar-refractivity contribution in [3.8, 4) is 11.4 Å². The summed E-state index contributed by atoms with van der Waals surface area (Å²) in [7, 11) is 0. The van der Waals surface area contributed by atoms with Crippen LogP contribution in [0.3, 0.4) is 0 Å². The van der Waals surface area contributed by atoms with Gasteiger partial charge in [0.05, 0.1) is 6.04 Å². The van der Waals surface area contributed by atoms with Gasteiger partial charge < -0.3 is 10.7 Å². The Morgan fingerprint density at radius 3 is 2.35 bits per heavy atom. The molecule has 6 nitrogen and oxygen atoms in total. The summed E-state index contributed by atoms with van der Waals surface area (Å²) in [4.78, 5) is 13.6. The zero-order valence-corrected chi connectivity index (χ0v) is 20.6. The van der Waals surface area contributed by atoms with Gasteiger partial charge in [-0.25, -0.2) is 4.68 Å². The third-order valence-electron chi connectivity index (χ3n) is 5.88. The van der Waals surface area contributed by atoms with Gasteiger partial charge >= 0.3 is 0 Å². The molecular formula is C26H24ClN5OS. The largest absolute Gasteiger partial charge is 0.325 e. The Labute approximate surface area is 207 Å². The molecule has 0 aliphatic carbocycles. The number of benzene rings is 3.